The molecule has 15 heavy (non-hydrogen) atoms. The smallest absolute Gasteiger partial charge is 0.230 e. The lowest BCUT2D eigenvalue weighted by Crippen LogP contribution is -2.27. The number of nitrogens with one attached hydrogen (secondary N) is 2. The highest BCUT2D eigenvalue weighted by molar-refractivity contribution is 5.93. The first-order valence-corrected chi connectivity index (χ1v) is 5.17. The van der Waals surface area contributed by atoms with Crippen molar-refractivity contribution in [1.82, 2.24) is 10.2 Å². The first kappa shape index (κ1) is 11.8. The minimum atomic E-state index is -0.392. The van der Waals surface area contributed by atoms with Crippen molar-refractivity contribution in [2.75, 3.05) is 5.32 Å². The van der Waals surface area contributed by atoms with Crippen LogP contribution in [0, 0.1) is 5.41 Å². The first-order valence-electron chi connectivity index (χ1n) is 5.17. The van der Waals surface area contributed by atoms with Crippen LogP contribution in [0.2, 0.25) is 0 Å². The molecule has 1 aromatic heterocycles. The van der Waals surface area contributed by atoms with Gasteiger partial charge >= 0.3 is 0 Å². The molecule has 0 fully saturated rings. The molecule has 1 heterocycles. The topological polar surface area (TPSA) is 57.8 Å². The molecule has 1 aromatic rings. The Morgan fingerprint density at radius 1 is 1.47 bits per heavy atom. The lowest BCUT2D eigenvalue weighted by atomic mass is 9.96. The van der Waals surface area contributed by atoms with Gasteiger partial charge in [-0.05, 0) is 5.92 Å². The molecule has 0 aliphatic heterocycles. The Labute approximate surface area is 90.5 Å². The predicted octanol–water partition coefficient (Wildman–Crippen LogP) is 2.52. The van der Waals surface area contributed by atoms with Crippen LogP contribution >= 0.6 is 0 Å². The van der Waals surface area contributed by atoms with Gasteiger partial charge in [-0.1, -0.05) is 34.6 Å². The summed E-state index contributed by atoms with van der Waals surface area (Å²) in [6, 6.07) is 1.87. The third kappa shape index (κ3) is 3.08. The fraction of sp³-hybridized carbons (Fsp3) is 0.636. The van der Waals surface area contributed by atoms with E-state index in [0.29, 0.717) is 11.7 Å². The van der Waals surface area contributed by atoms with Crippen LogP contribution in [0.4, 0.5) is 5.82 Å². The highest BCUT2D eigenvalue weighted by Gasteiger charge is 2.22. The maximum absolute atomic E-state index is 11.6. The van der Waals surface area contributed by atoms with E-state index >= 15 is 0 Å². The number of carbonyl (C=O) groups excluding carboxylic acids is 1. The number of aromatic amines is 1. The van der Waals surface area contributed by atoms with E-state index in [1.165, 1.54) is 0 Å². The molecule has 2 N–H and O–H groups in total. The highest BCUT2D eigenvalue weighted by Crippen LogP contribution is 2.18. The van der Waals surface area contributed by atoms with E-state index in [1.807, 2.05) is 26.8 Å². The normalized spacial score (nSPS) is 11.9. The summed E-state index contributed by atoms with van der Waals surface area (Å²) in [5.41, 5.74) is 0.635. The van der Waals surface area contributed by atoms with Crippen LogP contribution in [-0.4, -0.2) is 16.1 Å². The zero-order chi connectivity index (χ0) is 11.6. The first-order chi connectivity index (χ1) is 6.80. The molecule has 0 spiro atoms. The van der Waals surface area contributed by atoms with E-state index in [9.17, 15) is 4.79 Å². The van der Waals surface area contributed by atoms with Gasteiger partial charge in [0.05, 0.1) is 0 Å². The van der Waals surface area contributed by atoms with Crippen LogP contribution in [0.1, 0.15) is 46.2 Å². The molecule has 0 unspecified atom stereocenters. The van der Waals surface area contributed by atoms with Gasteiger partial charge in [0.25, 0.3) is 0 Å². The summed E-state index contributed by atoms with van der Waals surface area (Å²) in [5, 5.41) is 9.71. The van der Waals surface area contributed by atoms with Crippen molar-refractivity contribution in [3.8, 4) is 0 Å². The fourth-order valence-electron chi connectivity index (χ4n) is 1.00. The standard InChI is InChI=1S/C11H19N3O/c1-7(2)8-6-9(14-13-8)12-10(15)11(3,4)5/h6-7H,1-5H3,(H2,12,13,14,15). The van der Waals surface area contributed by atoms with Crippen molar-refractivity contribution >= 4 is 11.7 Å². The van der Waals surface area contributed by atoms with Gasteiger partial charge in [-0.25, -0.2) is 0 Å². The van der Waals surface area contributed by atoms with Crippen LogP contribution in [0.25, 0.3) is 0 Å². The zero-order valence-electron chi connectivity index (χ0n) is 10.0. The molecule has 4 heteroatoms. The third-order valence-electron chi connectivity index (χ3n) is 2.14. The molecule has 1 rings (SSSR count). The Hall–Kier alpha value is -1.32. The lowest BCUT2D eigenvalue weighted by molar-refractivity contribution is -0.123. The molecular weight excluding hydrogens is 190 g/mol. The summed E-state index contributed by atoms with van der Waals surface area (Å²) in [6.45, 7) is 9.76. The van der Waals surface area contributed by atoms with Crippen molar-refractivity contribution in [2.45, 2.75) is 40.5 Å². The molecule has 0 aliphatic rings. The number of nitrogens with zero attached hydrogens (tertiary/aromatic N) is 1. The lowest BCUT2D eigenvalue weighted by Gasteiger charge is -2.16. The molecule has 0 aliphatic carbocycles. The van der Waals surface area contributed by atoms with Crippen molar-refractivity contribution in [1.29, 1.82) is 0 Å². The molecule has 0 saturated heterocycles. The molecular formula is C11H19N3O. The Bertz CT molecular complexity index is 347. The molecule has 0 atom stereocenters. The summed E-state index contributed by atoms with van der Waals surface area (Å²) in [7, 11) is 0. The number of anilines is 1. The van der Waals surface area contributed by atoms with Gasteiger partial charge in [0, 0.05) is 17.2 Å². The van der Waals surface area contributed by atoms with Crippen LogP contribution in [0.15, 0.2) is 6.07 Å². The second-order valence-electron chi connectivity index (χ2n) is 5.07. The number of amides is 1. The third-order valence-corrected chi connectivity index (χ3v) is 2.14. The predicted molar refractivity (Wildman–Crippen MR) is 60.8 cm³/mol. The molecule has 0 bridgehead atoms. The summed E-state index contributed by atoms with van der Waals surface area (Å²) in [6.07, 6.45) is 0. The molecule has 0 saturated carbocycles. The maximum Gasteiger partial charge on any atom is 0.230 e. The molecule has 4 nitrogen and oxygen atoms in total. The molecule has 0 radical (unpaired) electrons. The van der Waals surface area contributed by atoms with E-state index in [-0.39, 0.29) is 5.91 Å². The van der Waals surface area contributed by atoms with Gasteiger partial charge in [-0.3, -0.25) is 9.89 Å². The number of hydrogen-bond donors (Lipinski definition) is 2. The Morgan fingerprint density at radius 2 is 2.07 bits per heavy atom. The second-order valence-corrected chi connectivity index (χ2v) is 5.07. The minimum absolute atomic E-state index is 0.0238. The Kier molecular flexibility index (Phi) is 3.17. The van der Waals surface area contributed by atoms with Gasteiger partial charge in [0.1, 0.15) is 0 Å². The van der Waals surface area contributed by atoms with Crippen LogP contribution in [0.5, 0.6) is 0 Å². The number of H-pyrrole nitrogens is 1. The van der Waals surface area contributed by atoms with Gasteiger partial charge < -0.3 is 5.32 Å². The average molecular weight is 209 g/mol. The quantitative estimate of drug-likeness (QED) is 0.786. The fourth-order valence-corrected chi connectivity index (χ4v) is 1.00. The molecule has 1 amide bonds. The summed E-state index contributed by atoms with van der Waals surface area (Å²) in [4.78, 5) is 11.6. The monoisotopic (exact) mass is 209 g/mol. The average Bonchev–Trinajstić information content (AvgIpc) is 2.50. The van der Waals surface area contributed by atoms with Crippen molar-refractivity contribution in [3.63, 3.8) is 0 Å². The SMILES string of the molecule is CC(C)c1cc(NC(=O)C(C)(C)C)n[nH]1. The van der Waals surface area contributed by atoms with Crippen molar-refractivity contribution in [3.05, 3.63) is 11.8 Å². The van der Waals surface area contributed by atoms with Gasteiger partial charge in [0.2, 0.25) is 5.91 Å². The highest BCUT2D eigenvalue weighted by atomic mass is 16.2. The minimum Gasteiger partial charge on any atom is -0.309 e. The van der Waals surface area contributed by atoms with E-state index in [1.54, 1.807) is 0 Å². The second kappa shape index (κ2) is 4.04. The zero-order valence-corrected chi connectivity index (χ0v) is 10.0. The summed E-state index contributed by atoms with van der Waals surface area (Å²) in [5.74, 6) is 0.959. The number of carbonyl (C=O) groups is 1. The Balaban J connectivity index is 2.70. The van der Waals surface area contributed by atoms with E-state index in [2.05, 4.69) is 29.4 Å². The molecule has 0 aromatic carbocycles. The number of aromatic nitrogens is 2. The largest absolute Gasteiger partial charge is 0.309 e. The number of rotatable bonds is 2. The molecule has 84 valence electrons. The van der Waals surface area contributed by atoms with Crippen LogP contribution in [-0.2, 0) is 4.79 Å². The summed E-state index contributed by atoms with van der Waals surface area (Å²) >= 11 is 0. The van der Waals surface area contributed by atoms with E-state index < -0.39 is 5.41 Å². The van der Waals surface area contributed by atoms with Crippen molar-refractivity contribution < 1.29 is 4.79 Å². The van der Waals surface area contributed by atoms with Crippen molar-refractivity contribution in [2.24, 2.45) is 5.41 Å². The van der Waals surface area contributed by atoms with Gasteiger partial charge in [-0.2, -0.15) is 5.10 Å². The van der Waals surface area contributed by atoms with E-state index in [0.717, 1.165) is 5.69 Å². The van der Waals surface area contributed by atoms with Gasteiger partial charge in [-0.15, -0.1) is 0 Å². The maximum atomic E-state index is 11.6. The van der Waals surface area contributed by atoms with Crippen LogP contribution < -0.4 is 5.32 Å². The number of hydrogen-bond acceptors (Lipinski definition) is 2. The van der Waals surface area contributed by atoms with Crippen LogP contribution in [0.3, 0.4) is 0 Å². The summed E-state index contributed by atoms with van der Waals surface area (Å²) < 4.78 is 0. The van der Waals surface area contributed by atoms with Gasteiger partial charge in [0.15, 0.2) is 5.82 Å². The Morgan fingerprint density at radius 3 is 2.47 bits per heavy atom. The van der Waals surface area contributed by atoms with E-state index in [4.69, 9.17) is 0 Å².